The number of carbonyl (C=O) groups excluding carboxylic acids is 1. The molecule has 0 heterocycles. The van der Waals surface area contributed by atoms with Gasteiger partial charge in [0.15, 0.2) is 6.29 Å². The first kappa shape index (κ1) is 18.5. The summed E-state index contributed by atoms with van der Waals surface area (Å²) in [6.07, 6.45) is 2.84. The maximum absolute atomic E-state index is 11.2. The number of methoxy groups -OCH3 is 2. The minimum absolute atomic E-state index is 0.121. The number of esters is 1. The molecule has 22 heavy (non-hydrogen) atoms. The molecule has 0 saturated heterocycles. The van der Waals surface area contributed by atoms with Crippen LogP contribution in [0.1, 0.15) is 44.5 Å². The summed E-state index contributed by atoms with van der Waals surface area (Å²) >= 11 is 0. The highest BCUT2D eigenvalue weighted by molar-refractivity contribution is 5.69. The molecule has 1 aromatic carbocycles. The third-order valence-electron chi connectivity index (χ3n) is 3.18. The molecule has 0 atom stereocenters. The fraction of sp³-hybridized carbons (Fsp3) is 0.588. The second-order valence-electron chi connectivity index (χ2n) is 4.84. The van der Waals surface area contributed by atoms with Crippen molar-refractivity contribution in [2.45, 2.75) is 38.9 Å². The van der Waals surface area contributed by atoms with Gasteiger partial charge >= 0.3 is 5.97 Å². The van der Waals surface area contributed by atoms with E-state index in [1.165, 1.54) is 0 Å². The SMILES string of the molecule is CCOC(=O)CCCCCOc1ccc(C(OC)OC)cc1. The molecule has 0 aliphatic carbocycles. The molecular formula is C17H26O5. The number of unbranched alkanes of at least 4 members (excludes halogenated alkanes) is 2. The van der Waals surface area contributed by atoms with Gasteiger partial charge in [-0.3, -0.25) is 4.79 Å². The van der Waals surface area contributed by atoms with Crippen molar-refractivity contribution in [3.63, 3.8) is 0 Å². The summed E-state index contributed by atoms with van der Waals surface area (Å²) in [5.74, 6) is 0.699. The minimum atomic E-state index is -0.350. The van der Waals surface area contributed by atoms with Crippen LogP contribution in [-0.4, -0.2) is 33.4 Å². The van der Waals surface area contributed by atoms with Crippen LogP contribution in [0.5, 0.6) is 5.75 Å². The summed E-state index contributed by atoms with van der Waals surface area (Å²) < 4.78 is 20.9. The molecule has 0 unspecified atom stereocenters. The number of rotatable bonds is 11. The van der Waals surface area contributed by atoms with E-state index in [1.54, 1.807) is 14.2 Å². The largest absolute Gasteiger partial charge is 0.494 e. The lowest BCUT2D eigenvalue weighted by Crippen LogP contribution is -2.04. The van der Waals surface area contributed by atoms with Gasteiger partial charge in [-0.1, -0.05) is 12.1 Å². The Kier molecular flexibility index (Phi) is 9.26. The molecule has 124 valence electrons. The molecule has 1 aromatic rings. The molecule has 5 heteroatoms. The van der Waals surface area contributed by atoms with E-state index in [4.69, 9.17) is 18.9 Å². The molecule has 0 bridgehead atoms. The van der Waals surface area contributed by atoms with Crippen LogP contribution in [0.4, 0.5) is 0 Å². The number of carbonyl (C=O) groups is 1. The summed E-state index contributed by atoms with van der Waals surface area (Å²) in [5, 5.41) is 0. The second kappa shape index (κ2) is 11.0. The van der Waals surface area contributed by atoms with Gasteiger partial charge in [0.2, 0.25) is 0 Å². The minimum Gasteiger partial charge on any atom is -0.494 e. The van der Waals surface area contributed by atoms with Gasteiger partial charge in [-0.15, -0.1) is 0 Å². The zero-order valence-electron chi connectivity index (χ0n) is 13.7. The van der Waals surface area contributed by atoms with Crippen LogP contribution in [0.2, 0.25) is 0 Å². The Morgan fingerprint density at radius 1 is 1.05 bits per heavy atom. The highest BCUT2D eigenvalue weighted by atomic mass is 16.7. The molecule has 0 N–H and O–H groups in total. The lowest BCUT2D eigenvalue weighted by atomic mass is 10.2. The average molecular weight is 310 g/mol. The van der Waals surface area contributed by atoms with E-state index in [9.17, 15) is 4.79 Å². The molecule has 0 radical (unpaired) electrons. The topological polar surface area (TPSA) is 54.0 Å². The van der Waals surface area contributed by atoms with Crippen molar-refractivity contribution in [2.75, 3.05) is 27.4 Å². The summed E-state index contributed by atoms with van der Waals surface area (Å²) in [7, 11) is 3.21. The molecule has 0 aromatic heterocycles. The van der Waals surface area contributed by atoms with Crippen LogP contribution in [0.3, 0.4) is 0 Å². The number of benzene rings is 1. The zero-order valence-corrected chi connectivity index (χ0v) is 13.7. The second-order valence-corrected chi connectivity index (χ2v) is 4.84. The van der Waals surface area contributed by atoms with Crippen molar-refractivity contribution in [2.24, 2.45) is 0 Å². The smallest absolute Gasteiger partial charge is 0.305 e. The van der Waals surface area contributed by atoms with Crippen LogP contribution in [0.15, 0.2) is 24.3 Å². The number of ether oxygens (including phenoxy) is 4. The summed E-state index contributed by atoms with van der Waals surface area (Å²) in [6.45, 7) is 2.91. The highest BCUT2D eigenvalue weighted by Gasteiger charge is 2.08. The highest BCUT2D eigenvalue weighted by Crippen LogP contribution is 2.20. The Labute approximate surface area is 132 Å². The van der Waals surface area contributed by atoms with E-state index in [0.29, 0.717) is 19.6 Å². The Morgan fingerprint density at radius 2 is 1.73 bits per heavy atom. The molecule has 0 spiro atoms. The summed E-state index contributed by atoms with van der Waals surface area (Å²) in [5.41, 5.74) is 0.951. The fourth-order valence-corrected chi connectivity index (χ4v) is 2.06. The van der Waals surface area contributed by atoms with E-state index in [2.05, 4.69) is 0 Å². The Balaban J connectivity index is 2.19. The molecular weight excluding hydrogens is 284 g/mol. The van der Waals surface area contributed by atoms with Crippen molar-refractivity contribution < 1.29 is 23.7 Å². The van der Waals surface area contributed by atoms with Crippen LogP contribution in [0.25, 0.3) is 0 Å². The van der Waals surface area contributed by atoms with E-state index in [0.717, 1.165) is 30.6 Å². The van der Waals surface area contributed by atoms with E-state index >= 15 is 0 Å². The maximum atomic E-state index is 11.2. The molecule has 0 amide bonds. The standard InChI is InChI=1S/C17H26O5/c1-4-21-16(18)8-6-5-7-13-22-15-11-9-14(10-12-15)17(19-2)20-3/h9-12,17H,4-8,13H2,1-3H3. The molecule has 0 fully saturated rings. The molecule has 0 saturated carbocycles. The first-order valence-corrected chi connectivity index (χ1v) is 7.65. The zero-order chi connectivity index (χ0) is 16.2. The van der Waals surface area contributed by atoms with Crippen molar-refractivity contribution in [3.8, 4) is 5.75 Å². The van der Waals surface area contributed by atoms with Crippen molar-refractivity contribution >= 4 is 5.97 Å². The lowest BCUT2D eigenvalue weighted by Gasteiger charge is -2.14. The molecule has 5 nitrogen and oxygen atoms in total. The van der Waals surface area contributed by atoms with Gasteiger partial charge in [0.25, 0.3) is 0 Å². The Hall–Kier alpha value is -1.59. The first-order chi connectivity index (χ1) is 10.7. The van der Waals surface area contributed by atoms with Crippen LogP contribution < -0.4 is 4.74 Å². The van der Waals surface area contributed by atoms with Crippen LogP contribution in [-0.2, 0) is 19.0 Å². The molecule has 0 aliphatic heterocycles. The average Bonchev–Trinajstić information content (AvgIpc) is 2.53. The predicted octanol–water partition coefficient (Wildman–Crippen LogP) is 3.48. The number of hydrogen-bond donors (Lipinski definition) is 0. The van der Waals surface area contributed by atoms with Gasteiger partial charge in [-0.25, -0.2) is 0 Å². The quantitative estimate of drug-likeness (QED) is 0.356. The molecule has 1 rings (SSSR count). The Morgan fingerprint density at radius 3 is 2.32 bits per heavy atom. The van der Waals surface area contributed by atoms with Crippen molar-refractivity contribution in [1.29, 1.82) is 0 Å². The van der Waals surface area contributed by atoms with E-state index in [1.807, 2.05) is 31.2 Å². The van der Waals surface area contributed by atoms with E-state index in [-0.39, 0.29) is 12.3 Å². The van der Waals surface area contributed by atoms with Crippen LogP contribution in [0, 0.1) is 0 Å². The third kappa shape index (κ3) is 6.91. The third-order valence-corrected chi connectivity index (χ3v) is 3.18. The van der Waals surface area contributed by atoms with Gasteiger partial charge in [0.05, 0.1) is 13.2 Å². The van der Waals surface area contributed by atoms with Gasteiger partial charge in [-0.05, 0) is 38.3 Å². The number of hydrogen-bond acceptors (Lipinski definition) is 5. The molecule has 0 aliphatic rings. The lowest BCUT2D eigenvalue weighted by molar-refractivity contribution is -0.143. The normalized spacial score (nSPS) is 10.7. The summed E-state index contributed by atoms with van der Waals surface area (Å²) in [4.78, 5) is 11.2. The maximum Gasteiger partial charge on any atom is 0.305 e. The fourth-order valence-electron chi connectivity index (χ4n) is 2.06. The predicted molar refractivity (Wildman–Crippen MR) is 83.8 cm³/mol. The Bertz CT molecular complexity index is 412. The van der Waals surface area contributed by atoms with Gasteiger partial charge < -0.3 is 18.9 Å². The monoisotopic (exact) mass is 310 g/mol. The van der Waals surface area contributed by atoms with Gasteiger partial charge in [0, 0.05) is 26.2 Å². The first-order valence-electron chi connectivity index (χ1n) is 7.65. The van der Waals surface area contributed by atoms with Crippen molar-refractivity contribution in [1.82, 2.24) is 0 Å². The van der Waals surface area contributed by atoms with Crippen LogP contribution >= 0.6 is 0 Å². The van der Waals surface area contributed by atoms with Crippen molar-refractivity contribution in [3.05, 3.63) is 29.8 Å². The van der Waals surface area contributed by atoms with Gasteiger partial charge in [0.1, 0.15) is 5.75 Å². The van der Waals surface area contributed by atoms with E-state index < -0.39 is 0 Å². The van der Waals surface area contributed by atoms with Gasteiger partial charge in [-0.2, -0.15) is 0 Å². The summed E-state index contributed by atoms with van der Waals surface area (Å²) in [6, 6.07) is 7.65.